The van der Waals surface area contributed by atoms with E-state index in [0.717, 1.165) is 4.88 Å². The van der Waals surface area contributed by atoms with Gasteiger partial charge in [-0.3, -0.25) is 9.59 Å². The lowest BCUT2D eigenvalue weighted by Gasteiger charge is -2.19. The predicted molar refractivity (Wildman–Crippen MR) is 129 cm³/mol. The average Bonchev–Trinajstić information content (AvgIpc) is 3.06. The second-order valence-corrected chi connectivity index (χ2v) is 8.51. The lowest BCUT2D eigenvalue weighted by molar-refractivity contribution is -0.125. The fourth-order valence-corrected chi connectivity index (χ4v) is 4.33. The summed E-state index contributed by atoms with van der Waals surface area (Å²) in [5, 5.41) is 5.89. The highest BCUT2D eigenvalue weighted by Gasteiger charge is 2.30. The molecule has 33 heavy (non-hydrogen) atoms. The van der Waals surface area contributed by atoms with E-state index in [1.165, 1.54) is 18.3 Å². The fraction of sp³-hybridized carbons (Fsp3) is 0.240. The van der Waals surface area contributed by atoms with E-state index in [-0.39, 0.29) is 11.5 Å². The van der Waals surface area contributed by atoms with Crippen molar-refractivity contribution in [2.45, 2.75) is 33.8 Å². The number of esters is 1. The van der Waals surface area contributed by atoms with Crippen molar-refractivity contribution in [2.24, 2.45) is 0 Å². The quantitative estimate of drug-likeness (QED) is 0.442. The molecule has 7 nitrogen and oxygen atoms in total. The molecule has 3 rings (SSSR count). The minimum Gasteiger partial charge on any atom is -0.492 e. The van der Waals surface area contributed by atoms with Crippen LogP contribution in [0.25, 0.3) is 0 Å². The van der Waals surface area contributed by atoms with Crippen molar-refractivity contribution in [3.8, 4) is 5.75 Å². The Kier molecular flexibility index (Phi) is 7.84. The van der Waals surface area contributed by atoms with Gasteiger partial charge in [-0.25, -0.2) is 4.79 Å². The van der Waals surface area contributed by atoms with Crippen molar-refractivity contribution in [1.29, 1.82) is 0 Å². The molecule has 0 aliphatic rings. The molecule has 1 aromatic heterocycles. The second kappa shape index (κ2) is 10.8. The van der Waals surface area contributed by atoms with Crippen molar-refractivity contribution in [2.75, 3.05) is 17.2 Å². The third-order valence-corrected chi connectivity index (χ3v) is 6.01. The Balaban J connectivity index is 1.93. The van der Waals surface area contributed by atoms with Crippen LogP contribution in [0.3, 0.4) is 0 Å². The molecule has 2 N–H and O–H groups in total. The van der Waals surface area contributed by atoms with E-state index in [9.17, 15) is 14.4 Å². The first-order valence-electron chi connectivity index (χ1n) is 10.5. The number of amides is 2. The lowest BCUT2D eigenvalue weighted by atomic mass is 10.1. The zero-order valence-corrected chi connectivity index (χ0v) is 19.7. The topological polar surface area (TPSA) is 93.7 Å². The number of anilines is 2. The van der Waals surface area contributed by atoms with E-state index in [0.29, 0.717) is 34.2 Å². The molecule has 1 atom stereocenters. The van der Waals surface area contributed by atoms with Gasteiger partial charge in [-0.1, -0.05) is 42.5 Å². The van der Waals surface area contributed by atoms with E-state index >= 15 is 0 Å². The second-order valence-electron chi connectivity index (χ2n) is 7.28. The first kappa shape index (κ1) is 24.0. The van der Waals surface area contributed by atoms with Gasteiger partial charge in [0.05, 0.1) is 17.9 Å². The molecule has 0 bridgehead atoms. The highest BCUT2D eigenvalue weighted by molar-refractivity contribution is 7.16. The SMILES string of the molecule is CCOc1ccccc1NC(=O)[C@@H](OC(=O)c1c(NC(C)=O)sc(C)c1C)c1ccccc1. The highest BCUT2D eigenvalue weighted by atomic mass is 32.1. The van der Waals surface area contributed by atoms with Crippen molar-refractivity contribution in [1.82, 2.24) is 0 Å². The minimum atomic E-state index is -1.21. The van der Waals surface area contributed by atoms with E-state index in [2.05, 4.69) is 10.6 Å². The number of para-hydroxylation sites is 2. The van der Waals surface area contributed by atoms with Crippen LogP contribution in [0.4, 0.5) is 10.7 Å². The maximum atomic E-state index is 13.3. The van der Waals surface area contributed by atoms with E-state index < -0.39 is 18.0 Å². The van der Waals surface area contributed by atoms with Gasteiger partial charge in [-0.2, -0.15) is 0 Å². The molecule has 2 amide bonds. The number of rotatable bonds is 8. The summed E-state index contributed by atoms with van der Waals surface area (Å²) in [7, 11) is 0. The molecular formula is C25H26N2O5S. The maximum Gasteiger partial charge on any atom is 0.342 e. The number of benzene rings is 2. The Hall–Kier alpha value is -3.65. The normalized spacial score (nSPS) is 11.4. The van der Waals surface area contributed by atoms with Crippen LogP contribution in [-0.4, -0.2) is 24.4 Å². The first-order chi connectivity index (χ1) is 15.8. The van der Waals surface area contributed by atoms with Crippen molar-refractivity contribution >= 4 is 39.8 Å². The number of nitrogens with one attached hydrogen (secondary N) is 2. The Morgan fingerprint density at radius 1 is 0.970 bits per heavy atom. The molecule has 1 heterocycles. The molecule has 0 saturated carbocycles. The molecule has 0 unspecified atom stereocenters. The molecule has 3 aromatic rings. The smallest absolute Gasteiger partial charge is 0.342 e. The summed E-state index contributed by atoms with van der Waals surface area (Å²) in [5.74, 6) is -0.992. The number of carbonyl (C=O) groups excluding carboxylic acids is 3. The Morgan fingerprint density at radius 3 is 2.30 bits per heavy atom. The standard InChI is InChI=1S/C25H26N2O5S/c1-5-31-20-14-10-9-13-19(20)27-23(29)22(18-11-7-6-8-12-18)32-25(30)21-15(2)16(3)33-24(21)26-17(4)28/h6-14,22H,5H2,1-4H3,(H,26,28)(H,27,29)/t22-/m0/s1. The summed E-state index contributed by atoms with van der Waals surface area (Å²) in [6, 6.07) is 15.8. The van der Waals surface area contributed by atoms with Gasteiger partial charge in [0.1, 0.15) is 10.8 Å². The maximum absolute atomic E-state index is 13.3. The van der Waals surface area contributed by atoms with E-state index in [1.54, 1.807) is 55.5 Å². The third kappa shape index (κ3) is 5.78. The fourth-order valence-electron chi connectivity index (χ4n) is 3.24. The van der Waals surface area contributed by atoms with Crippen molar-refractivity contribution in [3.05, 3.63) is 76.2 Å². The summed E-state index contributed by atoms with van der Waals surface area (Å²) in [4.78, 5) is 39.0. The molecule has 0 spiro atoms. The van der Waals surface area contributed by atoms with Crippen LogP contribution in [0.5, 0.6) is 5.75 Å². The highest BCUT2D eigenvalue weighted by Crippen LogP contribution is 2.34. The molecule has 8 heteroatoms. The molecule has 0 aliphatic carbocycles. The van der Waals surface area contributed by atoms with Gasteiger partial charge in [0, 0.05) is 17.4 Å². The third-order valence-electron chi connectivity index (χ3n) is 4.89. The van der Waals surface area contributed by atoms with Crippen LogP contribution in [0.15, 0.2) is 54.6 Å². The number of aryl methyl sites for hydroxylation is 1. The number of hydrogen-bond acceptors (Lipinski definition) is 6. The zero-order chi connectivity index (χ0) is 24.0. The van der Waals surface area contributed by atoms with Crippen LogP contribution in [0.1, 0.15) is 46.3 Å². The van der Waals surface area contributed by atoms with Crippen LogP contribution < -0.4 is 15.4 Å². The number of ether oxygens (including phenoxy) is 2. The van der Waals surface area contributed by atoms with Gasteiger partial charge in [-0.05, 0) is 38.5 Å². The predicted octanol–water partition coefficient (Wildman–Crippen LogP) is 5.26. The number of thiophene rings is 1. The number of carbonyl (C=O) groups is 3. The van der Waals surface area contributed by atoms with Gasteiger partial charge in [0.15, 0.2) is 0 Å². The first-order valence-corrected chi connectivity index (χ1v) is 11.3. The average molecular weight is 467 g/mol. The Labute approximate surface area is 196 Å². The van der Waals surface area contributed by atoms with E-state index in [1.807, 2.05) is 19.9 Å². The Bertz CT molecular complexity index is 1160. The summed E-state index contributed by atoms with van der Waals surface area (Å²) in [5.41, 5.74) is 1.93. The summed E-state index contributed by atoms with van der Waals surface area (Å²) >= 11 is 1.29. The summed E-state index contributed by atoms with van der Waals surface area (Å²) < 4.78 is 11.3. The van der Waals surface area contributed by atoms with Gasteiger partial charge in [-0.15, -0.1) is 11.3 Å². The molecule has 2 aromatic carbocycles. The summed E-state index contributed by atoms with van der Waals surface area (Å²) in [6.45, 7) is 7.30. The molecule has 172 valence electrons. The van der Waals surface area contributed by atoms with Crippen LogP contribution in [0.2, 0.25) is 0 Å². The monoisotopic (exact) mass is 466 g/mol. The van der Waals surface area contributed by atoms with Gasteiger partial charge in [0.25, 0.3) is 5.91 Å². The largest absolute Gasteiger partial charge is 0.492 e. The Morgan fingerprint density at radius 2 is 1.64 bits per heavy atom. The van der Waals surface area contributed by atoms with Gasteiger partial charge < -0.3 is 20.1 Å². The zero-order valence-electron chi connectivity index (χ0n) is 18.9. The minimum absolute atomic E-state index is 0.246. The molecule has 0 saturated heterocycles. The van der Waals surface area contributed by atoms with Crippen LogP contribution in [0, 0.1) is 13.8 Å². The van der Waals surface area contributed by atoms with E-state index in [4.69, 9.17) is 9.47 Å². The molecule has 0 fully saturated rings. The van der Waals surface area contributed by atoms with Gasteiger partial charge >= 0.3 is 5.97 Å². The van der Waals surface area contributed by atoms with Crippen molar-refractivity contribution < 1.29 is 23.9 Å². The van der Waals surface area contributed by atoms with Gasteiger partial charge in [0.2, 0.25) is 12.0 Å². The molecule has 0 aliphatic heterocycles. The lowest BCUT2D eigenvalue weighted by Crippen LogP contribution is -2.26. The molecular weight excluding hydrogens is 440 g/mol. The van der Waals surface area contributed by atoms with Crippen LogP contribution in [-0.2, 0) is 14.3 Å². The van der Waals surface area contributed by atoms with Crippen LogP contribution >= 0.6 is 11.3 Å². The van der Waals surface area contributed by atoms with Crippen molar-refractivity contribution in [3.63, 3.8) is 0 Å². The molecule has 0 radical (unpaired) electrons. The summed E-state index contributed by atoms with van der Waals surface area (Å²) in [6.07, 6.45) is -1.21. The number of hydrogen-bond donors (Lipinski definition) is 2.